The Balaban J connectivity index is 1.47. The molecule has 2 bridgehead atoms. The molecular formula is C26H21F2N3O3S. The second kappa shape index (κ2) is 6.87. The number of thioether (sulfide) groups is 1. The van der Waals surface area contributed by atoms with Gasteiger partial charge in [-0.1, -0.05) is 30.3 Å². The van der Waals surface area contributed by atoms with Gasteiger partial charge in [-0.3, -0.25) is 19.3 Å². The van der Waals surface area contributed by atoms with Crippen LogP contribution in [0.3, 0.4) is 0 Å². The van der Waals surface area contributed by atoms with Gasteiger partial charge in [0.1, 0.15) is 18.2 Å². The maximum Gasteiger partial charge on any atom is 0.278 e. The molecule has 6 nitrogen and oxygen atoms in total. The summed E-state index contributed by atoms with van der Waals surface area (Å²) in [4.78, 5) is 28.5. The van der Waals surface area contributed by atoms with Crippen LogP contribution in [0.4, 0.5) is 8.78 Å². The van der Waals surface area contributed by atoms with Crippen LogP contribution < -0.4 is 10.4 Å². The van der Waals surface area contributed by atoms with E-state index in [1.807, 2.05) is 35.3 Å². The van der Waals surface area contributed by atoms with E-state index < -0.39 is 34.3 Å². The molecule has 0 radical (unpaired) electrons. The van der Waals surface area contributed by atoms with E-state index in [1.165, 1.54) is 23.0 Å². The predicted molar refractivity (Wildman–Crippen MR) is 126 cm³/mol. The first-order chi connectivity index (χ1) is 16.8. The van der Waals surface area contributed by atoms with E-state index in [4.69, 9.17) is 0 Å². The van der Waals surface area contributed by atoms with Gasteiger partial charge in [-0.2, -0.15) is 0 Å². The minimum absolute atomic E-state index is 0.115. The molecule has 3 saturated carbocycles. The molecule has 3 aliphatic carbocycles. The fourth-order valence-corrected chi connectivity index (χ4v) is 7.39. The highest BCUT2D eigenvalue weighted by atomic mass is 32.2. The molecule has 3 aromatic rings. The Hall–Kier alpha value is -3.33. The summed E-state index contributed by atoms with van der Waals surface area (Å²) in [6.45, 7) is 0.115. The standard InChI is InChI=1S/C26H21F2N3O3S/c27-18-6-3-5-15-17(18)10-35-20-7-2-1-4-16(20)21(15)31-14-29(26-11-25(28,12-26)13-26)24(34)22-23(33)19(32)8-9-30(22)31/h1-9,21,33H,10-14H2/t21-,25?,26?/m0/s1. The van der Waals surface area contributed by atoms with Gasteiger partial charge in [-0.15, -0.1) is 11.8 Å². The van der Waals surface area contributed by atoms with Crippen molar-refractivity contribution in [2.24, 2.45) is 0 Å². The summed E-state index contributed by atoms with van der Waals surface area (Å²) in [5, 5.41) is 12.6. The van der Waals surface area contributed by atoms with Crippen LogP contribution in [0.2, 0.25) is 0 Å². The zero-order valence-corrected chi connectivity index (χ0v) is 19.4. The monoisotopic (exact) mass is 493 g/mol. The molecule has 1 atom stereocenters. The fourth-order valence-electron chi connectivity index (χ4n) is 6.27. The van der Waals surface area contributed by atoms with Crippen molar-refractivity contribution in [2.75, 3.05) is 11.7 Å². The van der Waals surface area contributed by atoms with Crippen LogP contribution in [-0.4, -0.2) is 38.5 Å². The smallest absolute Gasteiger partial charge is 0.278 e. The number of halogens is 2. The minimum Gasteiger partial charge on any atom is -0.502 e. The number of nitrogens with zero attached hydrogens (tertiary/aromatic N) is 3. The van der Waals surface area contributed by atoms with E-state index >= 15 is 4.39 Å². The third-order valence-corrected chi connectivity index (χ3v) is 9.02. The number of carbonyl (C=O) groups is 1. The lowest BCUT2D eigenvalue weighted by atomic mass is 9.46. The lowest BCUT2D eigenvalue weighted by molar-refractivity contribution is -0.214. The molecule has 1 amide bonds. The van der Waals surface area contributed by atoms with Gasteiger partial charge in [0.15, 0.2) is 11.4 Å². The van der Waals surface area contributed by atoms with Crippen LogP contribution in [0.5, 0.6) is 5.75 Å². The second-order valence-corrected chi connectivity index (χ2v) is 11.0. The molecule has 178 valence electrons. The zero-order chi connectivity index (χ0) is 24.1. The summed E-state index contributed by atoms with van der Waals surface area (Å²) in [5.74, 6) is -0.985. The number of hydrogen-bond acceptors (Lipinski definition) is 5. The van der Waals surface area contributed by atoms with E-state index in [2.05, 4.69) is 0 Å². The van der Waals surface area contributed by atoms with Gasteiger partial charge in [-0.25, -0.2) is 8.78 Å². The van der Waals surface area contributed by atoms with Crippen molar-refractivity contribution in [3.8, 4) is 5.75 Å². The molecule has 3 heterocycles. The summed E-state index contributed by atoms with van der Waals surface area (Å²) in [6, 6.07) is 13.5. The molecule has 1 aromatic heterocycles. The Kier molecular flexibility index (Phi) is 4.12. The summed E-state index contributed by atoms with van der Waals surface area (Å²) in [5.41, 5.74) is -0.412. The van der Waals surface area contributed by atoms with Gasteiger partial charge in [0.2, 0.25) is 5.43 Å². The number of aromatic nitrogens is 1. The van der Waals surface area contributed by atoms with Crippen molar-refractivity contribution in [1.29, 1.82) is 0 Å². The van der Waals surface area contributed by atoms with Crippen LogP contribution in [0, 0.1) is 5.82 Å². The van der Waals surface area contributed by atoms with E-state index in [1.54, 1.807) is 22.7 Å². The molecule has 0 unspecified atom stereocenters. The number of benzene rings is 2. The van der Waals surface area contributed by atoms with Gasteiger partial charge < -0.3 is 10.0 Å². The third kappa shape index (κ3) is 2.75. The van der Waals surface area contributed by atoms with Crippen LogP contribution >= 0.6 is 11.8 Å². The highest BCUT2D eigenvalue weighted by molar-refractivity contribution is 7.98. The van der Waals surface area contributed by atoms with Gasteiger partial charge in [0, 0.05) is 47.7 Å². The second-order valence-electron chi connectivity index (χ2n) is 9.98. The average Bonchev–Trinajstić information content (AvgIpc) is 2.97. The van der Waals surface area contributed by atoms with Crippen LogP contribution in [0.15, 0.2) is 64.4 Å². The van der Waals surface area contributed by atoms with E-state index in [-0.39, 0.29) is 37.4 Å². The molecule has 35 heavy (non-hydrogen) atoms. The number of rotatable bonds is 2. The molecule has 1 N–H and O–H groups in total. The Morgan fingerprint density at radius 2 is 1.74 bits per heavy atom. The van der Waals surface area contributed by atoms with E-state index in [0.717, 1.165) is 16.0 Å². The van der Waals surface area contributed by atoms with Crippen molar-refractivity contribution in [3.63, 3.8) is 0 Å². The Morgan fingerprint density at radius 1 is 1.00 bits per heavy atom. The Bertz CT molecular complexity index is 1470. The fraction of sp³-hybridized carbons (Fsp3) is 0.308. The van der Waals surface area contributed by atoms with Gasteiger partial charge >= 0.3 is 0 Å². The topological polar surface area (TPSA) is 65.8 Å². The number of alkyl halides is 1. The molecule has 9 heteroatoms. The van der Waals surface area contributed by atoms with Crippen molar-refractivity contribution in [2.45, 2.75) is 47.2 Å². The first kappa shape index (κ1) is 21.0. The lowest BCUT2D eigenvalue weighted by Gasteiger charge is -2.70. The first-order valence-electron chi connectivity index (χ1n) is 11.5. The highest BCUT2D eigenvalue weighted by Crippen LogP contribution is 2.66. The maximum absolute atomic E-state index is 15.0. The van der Waals surface area contributed by atoms with Crippen molar-refractivity contribution >= 4 is 17.7 Å². The SMILES string of the molecule is O=C1c2c(O)c(=O)ccn2N([C@@H]2c3ccccc3SCc3c(F)cccc32)CN1C12CC(F)(C1)C2. The summed E-state index contributed by atoms with van der Waals surface area (Å²) < 4.78 is 31.0. The summed E-state index contributed by atoms with van der Waals surface area (Å²) in [7, 11) is 0. The zero-order valence-electron chi connectivity index (χ0n) is 18.6. The largest absolute Gasteiger partial charge is 0.502 e. The highest BCUT2D eigenvalue weighted by Gasteiger charge is 2.73. The summed E-state index contributed by atoms with van der Waals surface area (Å²) in [6.07, 6.45) is 2.23. The molecule has 0 saturated heterocycles. The van der Waals surface area contributed by atoms with Gasteiger partial charge in [0.05, 0.1) is 11.6 Å². The van der Waals surface area contributed by atoms with Crippen LogP contribution in [-0.2, 0) is 5.75 Å². The quantitative estimate of drug-likeness (QED) is 0.583. The van der Waals surface area contributed by atoms with Gasteiger partial charge in [0.25, 0.3) is 5.91 Å². The van der Waals surface area contributed by atoms with E-state index in [9.17, 15) is 19.1 Å². The molecule has 0 spiro atoms. The van der Waals surface area contributed by atoms with Crippen molar-refractivity contribution in [3.05, 3.63) is 93.2 Å². The molecular weight excluding hydrogens is 472 g/mol. The molecule has 8 rings (SSSR count). The van der Waals surface area contributed by atoms with Crippen LogP contribution in [0.25, 0.3) is 0 Å². The normalized spacial score (nSPS) is 28.3. The Labute approximate surface area is 203 Å². The maximum atomic E-state index is 15.0. The molecule has 5 aliphatic rings. The van der Waals surface area contributed by atoms with Crippen molar-refractivity contribution < 1.29 is 18.7 Å². The van der Waals surface area contributed by atoms with E-state index in [0.29, 0.717) is 11.3 Å². The number of pyridine rings is 1. The van der Waals surface area contributed by atoms with Gasteiger partial charge in [-0.05, 0) is 23.3 Å². The summed E-state index contributed by atoms with van der Waals surface area (Å²) >= 11 is 1.55. The number of aromatic hydroxyl groups is 1. The number of hydrogen-bond donors (Lipinski definition) is 1. The third-order valence-electron chi connectivity index (χ3n) is 7.91. The minimum atomic E-state index is -1.23. The molecule has 2 aromatic carbocycles. The molecule has 2 aliphatic heterocycles. The molecule has 3 fully saturated rings. The average molecular weight is 494 g/mol. The first-order valence-corrected chi connectivity index (χ1v) is 12.5. The van der Waals surface area contributed by atoms with Crippen LogP contribution in [0.1, 0.15) is 52.5 Å². The van der Waals surface area contributed by atoms with Crippen molar-refractivity contribution in [1.82, 2.24) is 9.58 Å². The number of fused-ring (bicyclic) bond motifs is 3. The Morgan fingerprint density at radius 3 is 2.51 bits per heavy atom. The number of amides is 1. The predicted octanol–water partition coefficient (Wildman–Crippen LogP) is 4.08. The lowest BCUT2D eigenvalue weighted by Crippen LogP contribution is -2.79. The number of carbonyl (C=O) groups excluding carboxylic acids is 1.